The number of benzene rings is 2. The summed E-state index contributed by atoms with van der Waals surface area (Å²) in [5.41, 5.74) is 2.09. The fourth-order valence-electron chi connectivity index (χ4n) is 3.90. The van der Waals surface area contributed by atoms with Crippen LogP contribution in [0.15, 0.2) is 66.9 Å². The zero-order chi connectivity index (χ0) is 24.5. The van der Waals surface area contributed by atoms with Gasteiger partial charge in [-0.3, -0.25) is 9.59 Å². The van der Waals surface area contributed by atoms with Gasteiger partial charge in [0.15, 0.2) is 0 Å². The maximum atomic E-state index is 13.6. The van der Waals surface area contributed by atoms with E-state index in [1.54, 1.807) is 35.4 Å². The minimum absolute atomic E-state index is 0.0273. The van der Waals surface area contributed by atoms with Crippen LogP contribution >= 0.6 is 11.6 Å². The predicted molar refractivity (Wildman–Crippen MR) is 137 cm³/mol. The van der Waals surface area contributed by atoms with Crippen molar-refractivity contribution in [2.24, 2.45) is 0 Å². The molecule has 0 aliphatic carbocycles. The highest BCUT2D eigenvalue weighted by Gasteiger charge is 2.22. The van der Waals surface area contributed by atoms with Crippen LogP contribution in [-0.4, -0.2) is 41.4 Å². The first kappa shape index (κ1) is 24.5. The standard InChI is InChI=1S/C27H29ClN4O3/c28-21-13-11-20(12-14-21)18-30-25(33)19-32-16-5-1-2-6-17-35-24-10-4-3-9-23(24)31-26-22(27(32)34)8-7-15-29-26/h3-4,7-15H,1-2,5-6,16-19H2,(H,29,31)(H,30,33). The molecule has 2 aromatic carbocycles. The minimum Gasteiger partial charge on any atom is -0.491 e. The molecular weight excluding hydrogens is 464 g/mol. The van der Waals surface area contributed by atoms with Gasteiger partial charge in [0.1, 0.15) is 11.6 Å². The predicted octanol–water partition coefficient (Wildman–Crippen LogP) is 5.19. The van der Waals surface area contributed by atoms with E-state index in [9.17, 15) is 9.59 Å². The second-order valence-electron chi connectivity index (χ2n) is 8.41. The summed E-state index contributed by atoms with van der Waals surface area (Å²) in [6.07, 6.45) is 5.28. The number of rotatable bonds is 4. The monoisotopic (exact) mass is 492 g/mol. The number of anilines is 2. The largest absolute Gasteiger partial charge is 0.491 e. The molecule has 0 spiro atoms. The van der Waals surface area contributed by atoms with Crippen LogP contribution in [0.25, 0.3) is 0 Å². The van der Waals surface area contributed by atoms with E-state index in [0.717, 1.165) is 36.9 Å². The number of amides is 2. The van der Waals surface area contributed by atoms with Crippen molar-refractivity contribution in [2.45, 2.75) is 32.2 Å². The lowest BCUT2D eigenvalue weighted by Crippen LogP contribution is -2.41. The number of hydrogen-bond acceptors (Lipinski definition) is 5. The number of fused-ring (bicyclic) bond motifs is 2. The number of aromatic nitrogens is 1. The molecule has 2 heterocycles. The fourth-order valence-corrected chi connectivity index (χ4v) is 4.02. The normalized spacial score (nSPS) is 14.5. The van der Waals surface area contributed by atoms with Crippen molar-refractivity contribution in [3.8, 4) is 5.75 Å². The van der Waals surface area contributed by atoms with E-state index in [2.05, 4.69) is 15.6 Å². The van der Waals surface area contributed by atoms with E-state index < -0.39 is 0 Å². The third-order valence-electron chi connectivity index (χ3n) is 5.78. The van der Waals surface area contributed by atoms with Crippen LogP contribution in [0.2, 0.25) is 5.02 Å². The molecule has 0 fully saturated rings. The number of ether oxygens (including phenoxy) is 1. The van der Waals surface area contributed by atoms with E-state index in [0.29, 0.717) is 41.8 Å². The number of nitrogens with one attached hydrogen (secondary N) is 2. The van der Waals surface area contributed by atoms with Crippen molar-refractivity contribution in [3.63, 3.8) is 0 Å². The van der Waals surface area contributed by atoms with Crippen molar-refractivity contribution in [2.75, 3.05) is 25.0 Å². The first-order valence-corrected chi connectivity index (χ1v) is 12.2. The van der Waals surface area contributed by atoms with Crippen molar-refractivity contribution in [3.05, 3.63) is 83.0 Å². The zero-order valence-electron chi connectivity index (χ0n) is 19.5. The van der Waals surface area contributed by atoms with E-state index in [1.165, 1.54) is 0 Å². The van der Waals surface area contributed by atoms with Crippen molar-refractivity contribution >= 4 is 34.9 Å². The summed E-state index contributed by atoms with van der Waals surface area (Å²) in [6, 6.07) is 18.4. The maximum Gasteiger partial charge on any atom is 0.258 e. The summed E-state index contributed by atoms with van der Waals surface area (Å²) in [7, 11) is 0. The lowest BCUT2D eigenvalue weighted by molar-refractivity contribution is -0.122. The molecule has 3 aromatic rings. The minimum atomic E-state index is -0.238. The number of nitrogens with zero attached hydrogens (tertiary/aromatic N) is 2. The molecular formula is C27H29ClN4O3. The molecule has 2 amide bonds. The molecule has 35 heavy (non-hydrogen) atoms. The number of halogens is 1. The van der Waals surface area contributed by atoms with Gasteiger partial charge < -0.3 is 20.3 Å². The van der Waals surface area contributed by atoms with E-state index in [1.807, 2.05) is 36.4 Å². The van der Waals surface area contributed by atoms with Crippen LogP contribution in [0.4, 0.5) is 11.5 Å². The topological polar surface area (TPSA) is 83.6 Å². The van der Waals surface area contributed by atoms with Crippen molar-refractivity contribution in [1.29, 1.82) is 0 Å². The Bertz CT molecular complexity index is 1150. The van der Waals surface area contributed by atoms with E-state index in [-0.39, 0.29) is 18.4 Å². The Morgan fingerprint density at radius 1 is 1.03 bits per heavy atom. The van der Waals surface area contributed by atoms with Gasteiger partial charge in [-0.1, -0.05) is 48.7 Å². The first-order chi connectivity index (χ1) is 17.1. The molecule has 182 valence electrons. The Morgan fingerprint density at radius 2 is 1.83 bits per heavy atom. The van der Waals surface area contributed by atoms with Crippen LogP contribution in [0, 0.1) is 0 Å². The highest BCUT2D eigenvalue weighted by Crippen LogP contribution is 2.29. The zero-order valence-corrected chi connectivity index (χ0v) is 20.3. The summed E-state index contributed by atoms with van der Waals surface area (Å²) in [4.78, 5) is 32.4. The fraction of sp³-hybridized carbons (Fsp3) is 0.296. The van der Waals surface area contributed by atoms with Crippen molar-refractivity contribution < 1.29 is 14.3 Å². The van der Waals surface area contributed by atoms with Gasteiger partial charge in [0.25, 0.3) is 5.91 Å². The molecule has 1 aliphatic heterocycles. The van der Waals surface area contributed by atoms with Gasteiger partial charge in [-0.25, -0.2) is 4.98 Å². The molecule has 0 bridgehead atoms. The van der Waals surface area contributed by atoms with Crippen molar-refractivity contribution in [1.82, 2.24) is 15.2 Å². The van der Waals surface area contributed by atoms with E-state index >= 15 is 0 Å². The van der Waals surface area contributed by atoms with Crippen LogP contribution in [0.5, 0.6) is 5.75 Å². The number of para-hydroxylation sites is 2. The molecule has 7 nitrogen and oxygen atoms in total. The first-order valence-electron chi connectivity index (χ1n) is 11.8. The van der Waals surface area contributed by atoms with Gasteiger partial charge in [-0.05, 0) is 54.8 Å². The average molecular weight is 493 g/mol. The molecule has 4 rings (SSSR count). The van der Waals surface area contributed by atoms with Crippen LogP contribution < -0.4 is 15.4 Å². The molecule has 2 N–H and O–H groups in total. The second kappa shape index (κ2) is 12.2. The van der Waals surface area contributed by atoms with Gasteiger partial charge in [-0.2, -0.15) is 0 Å². The smallest absolute Gasteiger partial charge is 0.258 e. The molecule has 8 heteroatoms. The lowest BCUT2D eigenvalue weighted by Gasteiger charge is -2.24. The Hall–Kier alpha value is -3.58. The van der Waals surface area contributed by atoms with Gasteiger partial charge in [0, 0.05) is 24.3 Å². The summed E-state index contributed by atoms with van der Waals surface area (Å²) in [5.74, 6) is 0.688. The highest BCUT2D eigenvalue weighted by molar-refractivity contribution is 6.30. The number of pyridine rings is 1. The Morgan fingerprint density at radius 3 is 2.69 bits per heavy atom. The molecule has 0 saturated carbocycles. The Labute approximate surface area is 210 Å². The van der Waals surface area contributed by atoms with Gasteiger partial charge in [-0.15, -0.1) is 0 Å². The molecule has 1 aliphatic rings. The third kappa shape index (κ3) is 6.96. The van der Waals surface area contributed by atoms with Crippen LogP contribution in [-0.2, 0) is 11.3 Å². The molecule has 1 aromatic heterocycles. The summed E-state index contributed by atoms with van der Waals surface area (Å²) in [5, 5.41) is 6.80. The van der Waals surface area contributed by atoms with Gasteiger partial charge in [0.05, 0.1) is 24.4 Å². The van der Waals surface area contributed by atoms with Gasteiger partial charge in [0.2, 0.25) is 5.91 Å². The SMILES string of the molecule is O=C(CN1CCCCCCOc2ccccc2Nc2ncccc2C1=O)NCc1ccc(Cl)cc1. The molecule has 0 radical (unpaired) electrons. The Kier molecular flexibility index (Phi) is 8.57. The molecule has 0 unspecified atom stereocenters. The quantitative estimate of drug-likeness (QED) is 0.523. The highest BCUT2D eigenvalue weighted by atomic mass is 35.5. The number of hydrogen-bond donors (Lipinski definition) is 2. The Balaban J connectivity index is 1.52. The van der Waals surface area contributed by atoms with E-state index in [4.69, 9.17) is 16.3 Å². The average Bonchev–Trinajstić information content (AvgIpc) is 2.87. The summed E-state index contributed by atoms with van der Waals surface area (Å²) in [6.45, 7) is 1.44. The maximum absolute atomic E-state index is 13.6. The van der Waals surface area contributed by atoms with Gasteiger partial charge >= 0.3 is 0 Å². The second-order valence-corrected chi connectivity index (χ2v) is 8.85. The number of carbonyl (C=O) groups is 2. The third-order valence-corrected chi connectivity index (χ3v) is 6.03. The molecule has 0 saturated heterocycles. The summed E-state index contributed by atoms with van der Waals surface area (Å²) < 4.78 is 5.97. The summed E-state index contributed by atoms with van der Waals surface area (Å²) >= 11 is 5.93. The van der Waals surface area contributed by atoms with Crippen LogP contribution in [0.3, 0.4) is 0 Å². The molecule has 0 atom stereocenters. The lowest BCUT2D eigenvalue weighted by atomic mass is 10.1. The van der Waals surface area contributed by atoms with Crippen LogP contribution in [0.1, 0.15) is 41.6 Å². The number of carbonyl (C=O) groups excluding carboxylic acids is 2.